The third-order valence-electron chi connectivity index (χ3n) is 3.99. The lowest BCUT2D eigenvalue weighted by molar-refractivity contribution is -0.00630. The molecule has 1 fully saturated rings. The number of hydrogen-bond donors (Lipinski definition) is 2. The Hall–Kier alpha value is -0.0900. The molecule has 0 aliphatic heterocycles. The first-order valence-electron chi connectivity index (χ1n) is 6.85. The molecule has 0 aromatic heterocycles. The Morgan fingerprint density at radius 1 is 1.42 bits per heavy atom. The SMILES string of the molecule is CC1CCC(O)(CNCc2ccc(Br)cc2Cl)CC1. The van der Waals surface area contributed by atoms with Crippen LogP contribution >= 0.6 is 27.5 Å². The van der Waals surface area contributed by atoms with Crippen LogP contribution < -0.4 is 5.32 Å². The highest BCUT2D eigenvalue weighted by atomic mass is 79.9. The summed E-state index contributed by atoms with van der Waals surface area (Å²) in [6, 6.07) is 5.89. The van der Waals surface area contributed by atoms with E-state index in [0.29, 0.717) is 13.1 Å². The van der Waals surface area contributed by atoms with Gasteiger partial charge in [-0.3, -0.25) is 0 Å². The van der Waals surface area contributed by atoms with Gasteiger partial charge in [-0.15, -0.1) is 0 Å². The highest BCUT2D eigenvalue weighted by molar-refractivity contribution is 9.10. The van der Waals surface area contributed by atoms with Gasteiger partial charge in [0.2, 0.25) is 0 Å². The lowest BCUT2D eigenvalue weighted by Gasteiger charge is -2.35. The third kappa shape index (κ3) is 4.45. The van der Waals surface area contributed by atoms with Gasteiger partial charge in [-0.2, -0.15) is 0 Å². The van der Waals surface area contributed by atoms with Crippen LogP contribution in [0.15, 0.2) is 22.7 Å². The Labute approximate surface area is 128 Å². The van der Waals surface area contributed by atoms with Crippen LogP contribution in [0, 0.1) is 5.92 Å². The van der Waals surface area contributed by atoms with Crippen LogP contribution in [0.2, 0.25) is 5.02 Å². The zero-order valence-corrected chi connectivity index (χ0v) is 13.6. The zero-order chi connectivity index (χ0) is 13.9. The first-order valence-corrected chi connectivity index (χ1v) is 8.03. The van der Waals surface area contributed by atoms with Crippen molar-refractivity contribution >= 4 is 27.5 Å². The summed E-state index contributed by atoms with van der Waals surface area (Å²) < 4.78 is 0.987. The number of aliphatic hydroxyl groups is 1. The fourth-order valence-corrected chi connectivity index (χ4v) is 3.31. The van der Waals surface area contributed by atoms with E-state index in [1.165, 1.54) is 0 Å². The summed E-state index contributed by atoms with van der Waals surface area (Å²) in [6.07, 6.45) is 4.04. The second-order valence-corrected chi connectivity index (χ2v) is 7.07. The van der Waals surface area contributed by atoms with E-state index < -0.39 is 5.60 Å². The number of benzene rings is 1. The molecule has 0 radical (unpaired) electrons. The highest BCUT2D eigenvalue weighted by Gasteiger charge is 2.31. The topological polar surface area (TPSA) is 32.3 Å². The molecule has 1 aromatic carbocycles. The predicted octanol–water partition coefficient (Wildman–Crippen LogP) is 4.13. The summed E-state index contributed by atoms with van der Waals surface area (Å²) in [7, 11) is 0. The molecule has 0 atom stereocenters. The molecule has 0 amide bonds. The molecule has 1 aliphatic rings. The molecule has 0 unspecified atom stereocenters. The van der Waals surface area contributed by atoms with Crippen molar-refractivity contribution in [1.29, 1.82) is 0 Å². The molecule has 2 rings (SSSR count). The third-order valence-corrected chi connectivity index (χ3v) is 4.83. The monoisotopic (exact) mass is 345 g/mol. The first kappa shape index (κ1) is 15.3. The molecule has 4 heteroatoms. The van der Waals surface area contributed by atoms with Gasteiger partial charge in [-0.25, -0.2) is 0 Å². The largest absolute Gasteiger partial charge is 0.389 e. The number of halogens is 2. The van der Waals surface area contributed by atoms with Crippen LogP contribution in [-0.2, 0) is 6.54 Å². The predicted molar refractivity (Wildman–Crippen MR) is 83.4 cm³/mol. The summed E-state index contributed by atoms with van der Waals surface area (Å²) in [6.45, 7) is 3.60. The summed E-state index contributed by atoms with van der Waals surface area (Å²) in [5.74, 6) is 0.751. The van der Waals surface area contributed by atoms with Crippen LogP contribution in [0.1, 0.15) is 38.2 Å². The maximum Gasteiger partial charge on any atom is 0.0771 e. The number of hydrogen-bond acceptors (Lipinski definition) is 2. The summed E-state index contributed by atoms with van der Waals surface area (Å²) in [4.78, 5) is 0. The van der Waals surface area contributed by atoms with Crippen LogP contribution in [-0.4, -0.2) is 17.3 Å². The molecule has 1 saturated carbocycles. The quantitative estimate of drug-likeness (QED) is 0.859. The van der Waals surface area contributed by atoms with E-state index in [1.807, 2.05) is 18.2 Å². The van der Waals surface area contributed by atoms with Crippen molar-refractivity contribution in [2.75, 3.05) is 6.54 Å². The van der Waals surface area contributed by atoms with Gasteiger partial charge in [0.1, 0.15) is 0 Å². The maximum atomic E-state index is 10.5. The van der Waals surface area contributed by atoms with Crippen LogP contribution in [0.4, 0.5) is 0 Å². The molecule has 106 valence electrons. The van der Waals surface area contributed by atoms with Gasteiger partial charge in [0.25, 0.3) is 0 Å². The molecule has 0 heterocycles. The molecular formula is C15H21BrClNO. The van der Waals surface area contributed by atoms with E-state index in [9.17, 15) is 5.11 Å². The van der Waals surface area contributed by atoms with E-state index in [1.54, 1.807) is 0 Å². The van der Waals surface area contributed by atoms with Crippen LogP contribution in [0.25, 0.3) is 0 Å². The standard InChI is InChI=1S/C15H21BrClNO/c1-11-4-6-15(19,7-5-11)10-18-9-12-2-3-13(16)8-14(12)17/h2-3,8,11,18-19H,4-7,9-10H2,1H3. The summed E-state index contributed by atoms with van der Waals surface area (Å²) >= 11 is 9.57. The van der Waals surface area contributed by atoms with Crippen molar-refractivity contribution in [2.24, 2.45) is 5.92 Å². The smallest absolute Gasteiger partial charge is 0.0771 e. The zero-order valence-electron chi connectivity index (χ0n) is 11.3. The molecule has 1 aliphatic carbocycles. The van der Waals surface area contributed by atoms with Crippen molar-refractivity contribution in [3.8, 4) is 0 Å². The normalized spacial score (nSPS) is 27.5. The van der Waals surface area contributed by atoms with Crippen molar-refractivity contribution in [1.82, 2.24) is 5.32 Å². The van der Waals surface area contributed by atoms with Gasteiger partial charge in [-0.1, -0.05) is 40.5 Å². The minimum Gasteiger partial charge on any atom is -0.389 e. The van der Waals surface area contributed by atoms with Crippen molar-refractivity contribution in [2.45, 2.75) is 44.8 Å². The molecule has 0 bridgehead atoms. The van der Waals surface area contributed by atoms with Gasteiger partial charge in [0.15, 0.2) is 0 Å². The Bertz CT molecular complexity index is 430. The van der Waals surface area contributed by atoms with E-state index in [0.717, 1.165) is 46.7 Å². The van der Waals surface area contributed by atoms with E-state index >= 15 is 0 Å². The average Bonchev–Trinajstić information content (AvgIpc) is 2.36. The van der Waals surface area contributed by atoms with Gasteiger partial charge in [0, 0.05) is 22.6 Å². The fourth-order valence-electron chi connectivity index (χ4n) is 2.57. The second-order valence-electron chi connectivity index (χ2n) is 5.75. The molecule has 1 aromatic rings. The summed E-state index contributed by atoms with van der Waals surface area (Å²) in [5.41, 5.74) is 0.534. The van der Waals surface area contributed by atoms with Gasteiger partial charge in [-0.05, 0) is 49.3 Å². The lowest BCUT2D eigenvalue weighted by atomic mass is 9.79. The Morgan fingerprint density at radius 2 is 2.11 bits per heavy atom. The Kier molecular flexibility index (Phi) is 5.29. The minimum atomic E-state index is -0.533. The molecule has 0 spiro atoms. The number of nitrogens with one attached hydrogen (secondary N) is 1. The van der Waals surface area contributed by atoms with Crippen LogP contribution in [0.3, 0.4) is 0 Å². The van der Waals surface area contributed by atoms with Gasteiger partial charge in [0.05, 0.1) is 5.60 Å². The summed E-state index contributed by atoms with van der Waals surface area (Å²) in [5, 5.41) is 14.6. The van der Waals surface area contributed by atoms with E-state index in [4.69, 9.17) is 11.6 Å². The average molecular weight is 347 g/mol. The first-order chi connectivity index (χ1) is 8.98. The van der Waals surface area contributed by atoms with E-state index in [2.05, 4.69) is 28.2 Å². The van der Waals surface area contributed by atoms with Crippen molar-refractivity contribution in [3.05, 3.63) is 33.3 Å². The second kappa shape index (κ2) is 6.57. The highest BCUT2D eigenvalue weighted by Crippen LogP contribution is 2.31. The van der Waals surface area contributed by atoms with Gasteiger partial charge < -0.3 is 10.4 Å². The van der Waals surface area contributed by atoms with Crippen molar-refractivity contribution in [3.63, 3.8) is 0 Å². The lowest BCUT2D eigenvalue weighted by Crippen LogP contribution is -2.43. The number of rotatable bonds is 4. The minimum absolute atomic E-state index is 0.533. The molecule has 2 nitrogen and oxygen atoms in total. The van der Waals surface area contributed by atoms with Crippen LogP contribution in [0.5, 0.6) is 0 Å². The molecule has 2 N–H and O–H groups in total. The Morgan fingerprint density at radius 3 is 2.74 bits per heavy atom. The molecule has 0 saturated heterocycles. The van der Waals surface area contributed by atoms with Crippen molar-refractivity contribution < 1.29 is 5.11 Å². The Balaban J connectivity index is 1.83. The van der Waals surface area contributed by atoms with E-state index in [-0.39, 0.29) is 0 Å². The molecular weight excluding hydrogens is 326 g/mol. The fraction of sp³-hybridized carbons (Fsp3) is 0.600. The molecule has 19 heavy (non-hydrogen) atoms. The maximum absolute atomic E-state index is 10.5. The van der Waals surface area contributed by atoms with Gasteiger partial charge >= 0.3 is 0 Å².